The summed E-state index contributed by atoms with van der Waals surface area (Å²) in [5.74, 6) is 0.790. The van der Waals surface area contributed by atoms with Gasteiger partial charge in [0, 0.05) is 40.6 Å². The van der Waals surface area contributed by atoms with Crippen LogP contribution in [0.5, 0.6) is 0 Å². The van der Waals surface area contributed by atoms with Crippen LogP contribution in [0.25, 0.3) is 28.2 Å². The van der Waals surface area contributed by atoms with Crippen LogP contribution >= 0.6 is 23.2 Å². The number of nitrogens with zero attached hydrogens (tertiary/aromatic N) is 3. The van der Waals surface area contributed by atoms with E-state index in [0.717, 1.165) is 33.9 Å². The lowest BCUT2D eigenvalue weighted by molar-refractivity contribution is 1.01. The summed E-state index contributed by atoms with van der Waals surface area (Å²) < 4.78 is 2.09. The van der Waals surface area contributed by atoms with Gasteiger partial charge < -0.3 is 0 Å². The molecule has 0 atom stereocenters. The van der Waals surface area contributed by atoms with Gasteiger partial charge in [-0.25, -0.2) is 4.98 Å². The Morgan fingerprint density at radius 3 is 2.38 bits per heavy atom. The Morgan fingerprint density at radius 1 is 0.885 bits per heavy atom. The predicted octanol–water partition coefficient (Wildman–Crippen LogP) is 6.22. The van der Waals surface area contributed by atoms with Crippen molar-refractivity contribution >= 4 is 23.2 Å². The van der Waals surface area contributed by atoms with Crippen molar-refractivity contribution in [1.82, 2.24) is 14.5 Å². The number of benzene rings is 2. The Balaban J connectivity index is 1.78. The van der Waals surface area contributed by atoms with Crippen LogP contribution < -0.4 is 0 Å². The molecule has 5 heteroatoms. The first kappa shape index (κ1) is 16.8. The Kier molecular flexibility index (Phi) is 4.49. The largest absolute Gasteiger partial charge is 0.297 e. The minimum absolute atomic E-state index is 0.580. The molecule has 0 bridgehead atoms. The van der Waals surface area contributed by atoms with Crippen molar-refractivity contribution in [2.24, 2.45) is 0 Å². The number of rotatable bonds is 3. The molecule has 0 aliphatic rings. The van der Waals surface area contributed by atoms with E-state index in [1.807, 2.05) is 43.6 Å². The monoisotopic (exact) mass is 379 g/mol. The Morgan fingerprint density at radius 2 is 1.69 bits per heavy atom. The first-order valence-corrected chi connectivity index (χ1v) is 8.90. The van der Waals surface area contributed by atoms with E-state index in [9.17, 15) is 0 Å². The van der Waals surface area contributed by atoms with Crippen molar-refractivity contribution in [2.45, 2.75) is 6.92 Å². The minimum atomic E-state index is 0.580. The molecule has 0 fully saturated rings. The van der Waals surface area contributed by atoms with Crippen LogP contribution in [0.4, 0.5) is 0 Å². The van der Waals surface area contributed by atoms with Crippen LogP contribution in [0.3, 0.4) is 0 Å². The summed E-state index contributed by atoms with van der Waals surface area (Å²) in [5, 5.41) is 1.19. The fourth-order valence-corrected chi connectivity index (χ4v) is 3.45. The topological polar surface area (TPSA) is 30.7 Å². The van der Waals surface area contributed by atoms with E-state index in [-0.39, 0.29) is 0 Å². The zero-order valence-electron chi connectivity index (χ0n) is 14.0. The molecule has 2 heterocycles. The van der Waals surface area contributed by atoms with Gasteiger partial charge in [0.1, 0.15) is 5.82 Å². The molecule has 0 N–H and O–H groups in total. The van der Waals surface area contributed by atoms with Gasteiger partial charge in [0.15, 0.2) is 0 Å². The standard InChI is InChI=1S/C21H15Cl2N3/c1-14-12-25-21(19-9-6-17(22)11-20(19)23)26(14)18-7-4-15(5-8-18)16-3-2-10-24-13-16/h2-13H,1H3. The molecule has 0 spiro atoms. The maximum Gasteiger partial charge on any atom is 0.146 e. The van der Waals surface area contributed by atoms with E-state index in [2.05, 4.69) is 38.8 Å². The van der Waals surface area contributed by atoms with E-state index < -0.39 is 0 Å². The lowest BCUT2D eigenvalue weighted by atomic mass is 10.1. The van der Waals surface area contributed by atoms with Gasteiger partial charge in [-0.2, -0.15) is 0 Å². The predicted molar refractivity (Wildman–Crippen MR) is 107 cm³/mol. The SMILES string of the molecule is Cc1cnc(-c2ccc(Cl)cc2Cl)n1-c1ccc(-c2cccnc2)cc1. The van der Waals surface area contributed by atoms with Gasteiger partial charge in [-0.05, 0) is 54.4 Å². The summed E-state index contributed by atoms with van der Waals surface area (Å²) >= 11 is 12.4. The van der Waals surface area contributed by atoms with Crippen LogP contribution in [-0.2, 0) is 0 Å². The van der Waals surface area contributed by atoms with E-state index in [1.54, 1.807) is 12.3 Å². The second kappa shape index (κ2) is 6.94. The highest BCUT2D eigenvalue weighted by molar-refractivity contribution is 6.36. The van der Waals surface area contributed by atoms with Gasteiger partial charge in [0.25, 0.3) is 0 Å². The van der Waals surface area contributed by atoms with Gasteiger partial charge >= 0.3 is 0 Å². The normalized spacial score (nSPS) is 10.9. The molecular weight excluding hydrogens is 365 g/mol. The average molecular weight is 380 g/mol. The summed E-state index contributed by atoms with van der Waals surface area (Å²) in [5.41, 5.74) is 5.10. The second-order valence-electron chi connectivity index (χ2n) is 5.97. The van der Waals surface area contributed by atoms with Gasteiger partial charge in [-0.1, -0.05) is 41.4 Å². The number of aryl methyl sites for hydroxylation is 1. The molecule has 4 rings (SSSR count). The molecule has 3 nitrogen and oxygen atoms in total. The van der Waals surface area contributed by atoms with Crippen LogP contribution in [0.15, 0.2) is 73.2 Å². The first-order chi connectivity index (χ1) is 12.6. The zero-order valence-corrected chi connectivity index (χ0v) is 15.5. The number of halogens is 2. The third-order valence-electron chi connectivity index (χ3n) is 4.23. The number of pyridine rings is 1. The molecule has 0 unspecified atom stereocenters. The lowest BCUT2D eigenvalue weighted by Crippen LogP contribution is -2.00. The fourth-order valence-electron chi connectivity index (χ4n) is 2.96. The van der Waals surface area contributed by atoms with Crippen molar-refractivity contribution in [3.63, 3.8) is 0 Å². The highest BCUT2D eigenvalue weighted by Gasteiger charge is 2.14. The smallest absolute Gasteiger partial charge is 0.146 e. The number of hydrogen-bond donors (Lipinski definition) is 0. The third kappa shape index (κ3) is 3.12. The molecular formula is C21H15Cl2N3. The molecule has 0 saturated carbocycles. The van der Waals surface area contributed by atoms with E-state index >= 15 is 0 Å². The van der Waals surface area contributed by atoms with E-state index in [4.69, 9.17) is 23.2 Å². The van der Waals surface area contributed by atoms with Gasteiger partial charge in [-0.15, -0.1) is 0 Å². The van der Waals surface area contributed by atoms with Crippen LogP contribution in [-0.4, -0.2) is 14.5 Å². The number of imidazole rings is 1. The summed E-state index contributed by atoms with van der Waals surface area (Å²) in [7, 11) is 0. The van der Waals surface area contributed by atoms with Gasteiger partial charge in [0.05, 0.1) is 5.02 Å². The van der Waals surface area contributed by atoms with Gasteiger partial charge in [-0.3, -0.25) is 9.55 Å². The summed E-state index contributed by atoms with van der Waals surface area (Å²) in [6.07, 6.45) is 5.47. The maximum atomic E-state index is 6.39. The van der Waals surface area contributed by atoms with E-state index in [1.165, 1.54) is 0 Å². The van der Waals surface area contributed by atoms with Gasteiger partial charge in [0.2, 0.25) is 0 Å². The lowest BCUT2D eigenvalue weighted by Gasteiger charge is -2.12. The van der Waals surface area contributed by atoms with Crippen molar-refractivity contribution in [1.29, 1.82) is 0 Å². The quantitative estimate of drug-likeness (QED) is 0.423. The molecule has 4 aromatic rings. The molecule has 2 aromatic carbocycles. The molecule has 0 amide bonds. The first-order valence-electron chi connectivity index (χ1n) is 8.14. The van der Waals surface area contributed by atoms with Crippen molar-refractivity contribution in [2.75, 3.05) is 0 Å². The Hall–Kier alpha value is -2.62. The fraction of sp³-hybridized carbons (Fsp3) is 0.0476. The summed E-state index contributed by atoms with van der Waals surface area (Å²) in [4.78, 5) is 8.74. The molecule has 0 radical (unpaired) electrons. The molecule has 0 aliphatic carbocycles. The minimum Gasteiger partial charge on any atom is -0.297 e. The molecule has 0 aliphatic heterocycles. The molecule has 26 heavy (non-hydrogen) atoms. The highest BCUT2D eigenvalue weighted by Crippen LogP contribution is 2.32. The number of hydrogen-bond acceptors (Lipinski definition) is 2. The third-order valence-corrected chi connectivity index (χ3v) is 4.78. The molecule has 2 aromatic heterocycles. The van der Waals surface area contributed by atoms with Crippen LogP contribution in [0.2, 0.25) is 10.0 Å². The van der Waals surface area contributed by atoms with E-state index in [0.29, 0.717) is 10.0 Å². The van der Waals surface area contributed by atoms with Crippen LogP contribution in [0.1, 0.15) is 5.69 Å². The Labute approximate surface area is 161 Å². The van der Waals surface area contributed by atoms with Crippen molar-refractivity contribution < 1.29 is 0 Å². The van der Waals surface area contributed by atoms with Crippen LogP contribution in [0, 0.1) is 6.92 Å². The molecule has 128 valence electrons. The zero-order chi connectivity index (χ0) is 18.1. The van der Waals surface area contributed by atoms with Crippen molar-refractivity contribution in [3.05, 3.63) is 88.9 Å². The maximum absolute atomic E-state index is 6.39. The number of aromatic nitrogens is 3. The second-order valence-corrected chi connectivity index (χ2v) is 6.81. The summed E-state index contributed by atoms with van der Waals surface area (Å²) in [6, 6.07) is 17.7. The highest BCUT2D eigenvalue weighted by atomic mass is 35.5. The Bertz CT molecular complexity index is 1050. The molecule has 0 saturated heterocycles. The average Bonchev–Trinajstić information content (AvgIpc) is 3.04. The van der Waals surface area contributed by atoms with Crippen molar-refractivity contribution in [3.8, 4) is 28.2 Å². The summed E-state index contributed by atoms with van der Waals surface area (Å²) in [6.45, 7) is 2.02.